The lowest BCUT2D eigenvalue weighted by Crippen LogP contribution is -2.17. The van der Waals surface area contributed by atoms with Gasteiger partial charge in [-0.15, -0.1) is 11.6 Å². The number of aromatic nitrogens is 1. The highest BCUT2D eigenvalue weighted by Crippen LogP contribution is 2.24. The summed E-state index contributed by atoms with van der Waals surface area (Å²) in [6.45, 7) is 4.74. The fourth-order valence-corrected chi connectivity index (χ4v) is 2.25. The Labute approximate surface area is 117 Å². The predicted molar refractivity (Wildman–Crippen MR) is 77.6 cm³/mol. The molecule has 0 radical (unpaired) electrons. The van der Waals surface area contributed by atoms with Crippen molar-refractivity contribution in [1.29, 1.82) is 0 Å². The second kappa shape index (κ2) is 6.02. The van der Waals surface area contributed by atoms with E-state index in [1.54, 1.807) is 12.1 Å². The second-order valence-corrected chi connectivity index (χ2v) is 4.54. The maximum atomic E-state index is 13.0. The monoisotopic (exact) mass is 278 g/mol. The predicted octanol–water partition coefficient (Wildman–Crippen LogP) is 4.43. The minimum Gasteiger partial charge on any atom is -0.327 e. The number of rotatable bonds is 4. The first-order valence-corrected chi connectivity index (χ1v) is 6.74. The quantitative estimate of drug-likeness (QED) is 0.769. The molecule has 1 aromatic heterocycles. The van der Waals surface area contributed by atoms with Gasteiger partial charge in [-0.25, -0.2) is 9.37 Å². The van der Waals surface area contributed by atoms with E-state index in [9.17, 15) is 4.39 Å². The molecular formula is C15H16ClFN2. The molecule has 2 rings (SSSR count). The van der Waals surface area contributed by atoms with Crippen LogP contribution in [0.2, 0.25) is 0 Å². The van der Waals surface area contributed by atoms with Crippen LogP contribution in [0.15, 0.2) is 36.4 Å². The van der Waals surface area contributed by atoms with E-state index >= 15 is 0 Å². The Bertz CT molecular complexity index is 555. The number of hydrogen-bond donors (Lipinski definition) is 0. The smallest absolute Gasteiger partial charge is 0.133 e. The van der Waals surface area contributed by atoms with Crippen LogP contribution >= 0.6 is 11.6 Å². The van der Waals surface area contributed by atoms with Crippen molar-refractivity contribution in [3.05, 3.63) is 53.5 Å². The first-order valence-electron chi connectivity index (χ1n) is 6.21. The van der Waals surface area contributed by atoms with Gasteiger partial charge in [-0.05, 0) is 49.7 Å². The summed E-state index contributed by atoms with van der Waals surface area (Å²) in [4.78, 5) is 6.59. The molecule has 0 amide bonds. The first kappa shape index (κ1) is 13.8. The summed E-state index contributed by atoms with van der Waals surface area (Å²) in [7, 11) is 0. The van der Waals surface area contributed by atoms with Gasteiger partial charge in [-0.1, -0.05) is 6.07 Å². The SMILES string of the molecule is CCN(c1ccc(F)cc1)c1ccc(CCl)c(C)n1. The molecule has 0 atom stereocenters. The number of nitrogens with zero attached hydrogens (tertiary/aromatic N) is 2. The maximum Gasteiger partial charge on any atom is 0.133 e. The van der Waals surface area contributed by atoms with Crippen LogP contribution in [0.4, 0.5) is 15.9 Å². The van der Waals surface area contributed by atoms with Crippen LogP contribution in [0, 0.1) is 12.7 Å². The standard InChI is InChI=1S/C15H16ClFN2/c1-3-19(14-7-5-13(17)6-8-14)15-9-4-12(10-16)11(2)18-15/h4-9H,3,10H2,1-2H3. The molecule has 2 nitrogen and oxygen atoms in total. The summed E-state index contributed by atoms with van der Waals surface area (Å²) in [5.41, 5.74) is 2.88. The summed E-state index contributed by atoms with van der Waals surface area (Å²) in [6, 6.07) is 10.3. The third kappa shape index (κ3) is 3.04. The highest BCUT2D eigenvalue weighted by atomic mass is 35.5. The largest absolute Gasteiger partial charge is 0.327 e. The van der Waals surface area contributed by atoms with Gasteiger partial charge in [0.2, 0.25) is 0 Å². The highest BCUT2D eigenvalue weighted by Gasteiger charge is 2.10. The van der Waals surface area contributed by atoms with E-state index in [1.807, 2.05) is 30.9 Å². The van der Waals surface area contributed by atoms with Crippen molar-refractivity contribution in [1.82, 2.24) is 4.98 Å². The Morgan fingerprint density at radius 1 is 1.16 bits per heavy atom. The molecule has 1 aromatic carbocycles. The third-order valence-corrected chi connectivity index (χ3v) is 3.34. The molecule has 0 unspecified atom stereocenters. The zero-order valence-electron chi connectivity index (χ0n) is 11.0. The van der Waals surface area contributed by atoms with Crippen molar-refractivity contribution in [3.63, 3.8) is 0 Å². The van der Waals surface area contributed by atoms with Gasteiger partial charge in [0.1, 0.15) is 11.6 Å². The minimum absolute atomic E-state index is 0.235. The summed E-state index contributed by atoms with van der Waals surface area (Å²) in [6.07, 6.45) is 0. The van der Waals surface area contributed by atoms with Crippen LogP contribution in [-0.4, -0.2) is 11.5 Å². The summed E-state index contributed by atoms with van der Waals surface area (Å²) >= 11 is 5.84. The number of halogens is 2. The van der Waals surface area contributed by atoms with Gasteiger partial charge in [-0.3, -0.25) is 0 Å². The van der Waals surface area contributed by atoms with E-state index in [0.29, 0.717) is 5.88 Å². The Kier molecular flexibility index (Phi) is 4.38. The normalized spacial score (nSPS) is 10.5. The third-order valence-electron chi connectivity index (χ3n) is 3.06. The Balaban J connectivity index is 2.36. The molecule has 2 aromatic rings. The van der Waals surface area contributed by atoms with Crippen LogP contribution in [0.5, 0.6) is 0 Å². The van der Waals surface area contributed by atoms with Crippen molar-refractivity contribution >= 4 is 23.1 Å². The summed E-state index contributed by atoms with van der Waals surface area (Å²) in [5.74, 6) is 1.07. The van der Waals surface area contributed by atoms with Crippen molar-refractivity contribution < 1.29 is 4.39 Å². The van der Waals surface area contributed by atoms with E-state index in [2.05, 4.69) is 4.98 Å². The molecule has 1 heterocycles. The van der Waals surface area contributed by atoms with E-state index in [1.165, 1.54) is 12.1 Å². The molecule has 0 N–H and O–H groups in total. The van der Waals surface area contributed by atoms with E-state index in [4.69, 9.17) is 11.6 Å². The van der Waals surface area contributed by atoms with Crippen LogP contribution < -0.4 is 4.90 Å². The number of hydrogen-bond acceptors (Lipinski definition) is 2. The average Bonchev–Trinajstić information content (AvgIpc) is 2.42. The molecule has 0 aliphatic rings. The lowest BCUT2D eigenvalue weighted by molar-refractivity contribution is 0.628. The van der Waals surface area contributed by atoms with Crippen molar-refractivity contribution in [2.24, 2.45) is 0 Å². The molecule has 100 valence electrons. The number of pyridine rings is 1. The fraction of sp³-hybridized carbons (Fsp3) is 0.267. The molecular weight excluding hydrogens is 263 g/mol. The van der Waals surface area contributed by atoms with Crippen molar-refractivity contribution in [3.8, 4) is 0 Å². The molecule has 0 saturated carbocycles. The van der Waals surface area contributed by atoms with Crippen molar-refractivity contribution in [2.45, 2.75) is 19.7 Å². The van der Waals surface area contributed by atoms with E-state index < -0.39 is 0 Å². The number of aryl methyl sites for hydroxylation is 1. The van der Waals surface area contributed by atoms with Gasteiger partial charge < -0.3 is 4.90 Å². The maximum absolute atomic E-state index is 13.0. The summed E-state index contributed by atoms with van der Waals surface area (Å²) < 4.78 is 13.0. The van der Waals surface area contributed by atoms with Gasteiger partial charge in [0.25, 0.3) is 0 Å². The average molecular weight is 279 g/mol. The molecule has 0 bridgehead atoms. The Hall–Kier alpha value is -1.61. The van der Waals surface area contributed by atoms with Crippen molar-refractivity contribution in [2.75, 3.05) is 11.4 Å². The lowest BCUT2D eigenvalue weighted by atomic mass is 10.2. The topological polar surface area (TPSA) is 16.1 Å². The zero-order chi connectivity index (χ0) is 13.8. The Morgan fingerprint density at radius 2 is 1.84 bits per heavy atom. The van der Waals surface area contributed by atoms with E-state index in [-0.39, 0.29) is 5.82 Å². The van der Waals surface area contributed by atoms with Gasteiger partial charge in [-0.2, -0.15) is 0 Å². The second-order valence-electron chi connectivity index (χ2n) is 4.27. The molecule has 4 heteroatoms. The molecule has 0 aliphatic heterocycles. The van der Waals surface area contributed by atoms with Gasteiger partial charge in [0.05, 0.1) is 0 Å². The molecule has 0 saturated heterocycles. The number of benzene rings is 1. The molecule has 19 heavy (non-hydrogen) atoms. The van der Waals surface area contributed by atoms with Crippen LogP contribution in [0.1, 0.15) is 18.2 Å². The molecule has 0 fully saturated rings. The van der Waals surface area contributed by atoms with Gasteiger partial charge in [0, 0.05) is 23.8 Å². The minimum atomic E-state index is -0.235. The summed E-state index contributed by atoms with van der Waals surface area (Å²) in [5, 5.41) is 0. The highest BCUT2D eigenvalue weighted by molar-refractivity contribution is 6.17. The fourth-order valence-electron chi connectivity index (χ4n) is 1.97. The molecule has 0 aliphatic carbocycles. The number of anilines is 2. The zero-order valence-corrected chi connectivity index (χ0v) is 11.8. The van der Waals surface area contributed by atoms with Crippen LogP contribution in [0.25, 0.3) is 0 Å². The number of alkyl halides is 1. The first-order chi connectivity index (χ1) is 9.15. The Morgan fingerprint density at radius 3 is 2.37 bits per heavy atom. The van der Waals surface area contributed by atoms with Gasteiger partial charge >= 0.3 is 0 Å². The molecule has 0 spiro atoms. The van der Waals surface area contributed by atoms with Gasteiger partial charge in [0.15, 0.2) is 0 Å². The van der Waals surface area contributed by atoms with Crippen LogP contribution in [0.3, 0.4) is 0 Å². The van der Waals surface area contributed by atoms with E-state index in [0.717, 1.165) is 29.3 Å². The van der Waals surface area contributed by atoms with Crippen LogP contribution in [-0.2, 0) is 5.88 Å². The lowest BCUT2D eigenvalue weighted by Gasteiger charge is -2.22.